The van der Waals surface area contributed by atoms with Gasteiger partial charge in [-0.3, -0.25) is 13.9 Å². The van der Waals surface area contributed by atoms with E-state index < -0.39 is 34.1 Å². The van der Waals surface area contributed by atoms with Crippen LogP contribution in [0.4, 0.5) is 5.69 Å². The van der Waals surface area contributed by atoms with Crippen molar-refractivity contribution in [3.63, 3.8) is 0 Å². The minimum absolute atomic E-state index is 0.123. The number of amides is 2. The number of rotatable bonds is 10. The van der Waals surface area contributed by atoms with Gasteiger partial charge in [0.2, 0.25) is 21.8 Å². The molecule has 2 amide bonds. The molecule has 35 heavy (non-hydrogen) atoms. The highest BCUT2D eigenvalue weighted by Crippen LogP contribution is 2.21. The monoisotopic (exact) mass is 503 g/mol. The zero-order chi connectivity index (χ0) is 26.4. The van der Waals surface area contributed by atoms with E-state index in [1.807, 2.05) is 46.8 Å². The molecule has 2 rings (SSSR count). The maximum atomic E-state index is 13.7. The van der Waals surface area contributed by atoms with Crippen LogP contribution in [0.5, 0.6) is 5.75 Å². The second-order valence-corrected chi connectivity index (χ2v) is 11.5. The molecular formula is C26H37N3O5S. The Balaban J connectivity index is 2.46. The fourth-order valence-corrected chi connectivity index (χ4v) is 4.51. The van der Waals surface area contributed by atoms with Crippen molar-refractivity contribution in [1.29, 1.82) is 0 Å². The van der Waals surface area contributed by atoms with Gasteiger partial charge in [0.1, 0.15) is 18.3 Å². The lowest BCUT2D eigenvalue weighted by Gasteiger charge is -2.34. The predicted molar refractivity (Wildman–Crippen MR) is 139 cm³/mol. The summed E-state index contributed by atoms with van der Waals surface area (Å²) >= 11 is 0. The smallest absolute Gasteiger partial charge is 0.244 e. The Labute approximate surface area is 209 Å². The second kappa shape index (κ2) is 11.6. The summed E-state index contributed by atoms with van der Waals surface area (Å²) in [6.45, 7) is 9.03. The van der Waals surface area contributed by atoms with Gasteiger partial charge in [0.15, 0.2) is 0 Å². The Morgan fingerprint density at radius 3 is 2.23 bits per heavy atom. The van der Waals surface area contributed by atoms with Crippen molar-refractivity contribution < 1.29 is 22.7 Å². The second-order valence-electron chi connectivity index (χ2n) is 9.64. The van der Waals surface area contributed by atoms with Gasteiger partial charge in [-0.2, -0.15) is 0 Å². The summed E-state index contributed by atoms with van der Waals surface area (Å²) in [5.41, 5.74) is 1.63. The minimum Gasteiger partial charge on any atom is -0.497 e. The number of benzene rings is 2. The molecule has 1 atom stereocenters. The first-order chi connectivity index (χ1) is 16.2. The third kappa shape index (κ3) is 8.28. The molecule has 2 aromatic rings. The van der Waals surface area contributed by atoms with E-state index in [0.29, 0.717) is 17.9 Å². The van der Waals surface area contributed by atoms with Crippen LogP contribution in [0.25, 0.3) is 0 Å². The molecule has 0 bridgehead atoms. The molecule has 1 unspecified atom stereocenters. The van der Waals surface area contributed by atoms with Gasteiger partial charge in [-0.15, -0.1) is 0 Å². The molecule has 0 spiro atoms. The third-order valence-corrected chi connectivity index (χ3v) is 6.51. The number of nitrogens with zero attached hydrogens (tertiary/aromatic N) is 2. The lowest BCUT2D eigenvalue weighted by molar-refractivity contribution is -0.141. The van der Waals surface area contributed by atoms with Crippen molar-refractivity contribution in [3.05, 3.63) is 59.7 Å². The number of carbonyl (C=O) groups excluding carboxylic acids is 2. The van der Waals surface area contributed by atoms with Gasteiger partial charge in [-0.05, 0) is 63.9 Å². The van der Waals surface area contributed by atoms with E-state index in [0.717, 1.165) is 21.7 Å². The first-order valence-electron chi connectivity index (χ1n) is 11.5. The molecule has 0 aliphatic rings. The zero-order valence-corrected chi connectivity index (χ0v) is 22.5. The SMILES string of the molecule is CCC(C(=O)NC(C)(C)C)N(Cc1cccc(OC)c1)C(=O)CN(c1ccc(C)cc1)S(C)(=O)=O. The number of carbonyl (C=O) groups is 2. The van der Waals surface area contributed by atoms with Crippen molar-refractivity contribution in [1.82, 2.24) is 10.2 Å². The molecule has 2 aromatic carbocycles. The topological polar surface area (TPSA) is 96.0 Å². The van der Waals surface area contributed by atoms with Crippen LogP contribution in [0.2, 0.25) is 0 Å². The number of ether oxygens (including phenoxy) is 1. The summed E-state index contributed by atoms with van der Waals surface area (Å²) in [5, 5.41) is 2.95. The van der Waals surface area contributed by atoms with Crippen molar-refractivity contribution in [3.8, 4) is 5.75 Å². The fourth-order valence-electron chi connectivity index (χ4n) is 3.66. The summed E-state index contributed by atoms with van der Waals surface area (Å²) in [6, 6.07) is 13.4. The van der Waals surface area contributed by atoms with Crippen LogP contribution in [0.3, 0.4) is 0 Å². The van der Waals surface area contributed by atoms with Gasteiger partial charge in [-0.1, -0.05) is 36.8 Å². The van der Waals surface area contributed by atoms with Crippen molar-refractivity contribution in [2.45, 2.75) is 59.2 Å². The number of nitrogens with one attached hydrogen (secondary N) is 1. The Bertz CT molecular complexity index is 1120. The van der Waals surface area contributed by atoms with Crippen molar-refractivity contribution >= 4 is 27.5 Å². The van der Waals surface area contributed by atoms with E-state index in [-0.39, 0.29) is 12.5 Å². The molecule has 8 nitrogen and oxygen atoms in total. The third-order valence-electron chi connectivity index (χ3n) is 5.37. The van der Waals surface area contributed by atoms with E-state index in [4.69, 9.17) is 4.74 Å². The van der Waals surface area contributed by atoms with Gasteiger partial charge >= 0.3 is 0 Å². The standard InChI is InChI=1S/C26H37N3O5S/c1-8-23(25(31)27-26(3,4)5)28(17-20-10-9-11-22(16-20)34-6)24(30)18-29(35(7,32)33)21-14-12-19(2)13-15-21/h9-16,23H,8,17-18H2,1-7H3,(H,27,31). The van der Waals surface area contributed by atoms with Crippen LogP contribution in [0.1, 0.15) is 45.2 Å². The van der Waals surface area contributed by atoms with Crippen LogP contribution in [0, 0.1) is 6.92 Å². The number of hydrogen-bond acceptors (Lipinski definition) is 5. The summed E-state index contributed by atoms with van der Waals surface area (Å²) in [5.74, 6) is -0.147. The van der Waals surface area contributed by atoms with Crippen LogP contribution < -0.4 is 14.4 Å². The highest BCUT2D eigenvalue weighted by Gasteiger charge is 2.33. The maximum absolute atomic E-state index is 13.7. The molecule has 0 aromatic heterocycles. The van der Waals surface area contributed by atoms with E-state index in [9.17, 15) is 18.0 Å². The van der Waals surface area contributed by atoms with E-state index in [1.165, 1.54) is 4.90 Å². The Morgan fingerprint density at radius 1 is 1.09 bits per heavy atom. The molecule has 0 saturated carbocycles. The molecule has 9 heteroatoms. The number of anilines is 1. The average molecular weight is 504 g/mol. The molecule has 0 fully saturated rings. The summed E-state index contributed by atoms with van der Waals surface area (Å²) in [6.07, 6.45) is 1.43. The quantitative estimate of drug-likeness (QED) is 0.535. The Hall–Kier alpha value is -3.07. The van der Waals surface area contributed by atoms with E-state index >= 15 is 0 Å². The molecule has 0 aliphatic carbocycles. The molecule has 0 radical (unpaired) electrons. The first kappa shape index (κ1) is 28.2. The van der Waals surface area contributed by atoms with Gasteiger partial charge in [0, 0.05) is 12.1 Å². The number of hydrogen-bond donors (Lipinski definition) is 1. The molecule has 1 N–H and O–H groups in total. The van der Waals surface area contributed by atoms with Crippen molar-refractivity contribution in [2.75, 3.05) is 24.2 Å². The van der Waals surface area contributed by atoms with Crippen LogP contribution in [0.15, 0.2) is 48.5 Å². The van der Waals surface area contributed by atoms with Gasteiger partial charge in [-0.25, -0.2) is 8.42 Å². The van der Waals surface area contributed by atoms with Crippen molar-refractivity contribution in [2.24, 2.45) is 0 Å². The number of methoxy groups -OCH3 is 1. The lowest BCUT2D eigenvalue weighted by atomic mass is 10.1. The fraction of sp³-hybridized carbons (Fsp3) is 0.462. The van der Waals surface area contributed by atoms with Gasteiger partial charge in [0.25, 0.3) is 0 Å². The summed E-state index contributed by atoms with van der Waals surface area (Å²) in [4.78, 5) is 28.3. The van der Waals surface area contributed by atoms with E-state index in [1.54, 1.807) is 43.5 Å². The minimum atomic E-state index is -3.76. The first-order valence-corrected chi connectivity index (χ1v) is 13.4. The number of sulfonamides is 1. The molecule has 0 aliphatic heterocycles. The summed E-state index contributed by atoms with van der Waals surface area (Å²) in [7, 11) is -2.20. The van der Waals surface area contributed by atoms with Crippen LogP contribution in [-0.4, -0.2) is 56.6 Å². The normalized spacial score (nSPS) is 12.5. The lowest BCUT2D eigenvalue weighted by Crippen LogP contribution is -2.55. The Kier molecular flexibility index (Phi) is 9.31. The maximum Gasteiger partial charge on any atom is 0.244 e. The largest absolute Gasteiger partial charge is 0.497 e. The van der Waals surface area contributed by atoms with E-state index in [2.05, 4.69) is 5.32 Å². The highest BCUT2D eigenvalue weighted by molar-refractivity contribution is 7.92. The number of aryl methyl sites for hydroxylation is 1. The Morgan fingerprint density at radius 2 is 1.71 bits per heavy atom. The van der Waals surface area contributed by atoms with Gasteiger partial charge < -0.3 is 15.0 Å². The highest BCUT2D eigenvalue weighted by atomic mass is 32.2. The summed E-state index contributed by atoms with van der Waals surface area (Å²) < 4.78 is 31.6. The van der Waals surface area contributed by atoms with Gasteiger partial charge in [0.05, 0.1) is 19.1 Å². The molecule has 0 saturated heterocycles. The van der Waals surface area contributed by atoms with Crippen LogP contribution >= 0.6 is 0 Å². The van der Waals surface area contributed by atoms with Crippen LogP contribution in [-0.2, 0) is 26.2 Å². The predicted octanol–water partition coefficient (Wildman–Crippen LogP) is 3.49. The zero-order valence-electron chi connectivity index (χ0n) is 21.7. The molecule has 192 valence electrons. The average Bonchev–Trinajstić information content (AvgIpc) is 2.76. The molecular weight excluding hydrogens is 466 g/mol. The molecule has 0 heterocycles.